The third-order valence-electron chi connectivity index (χ3n) is 3.16. The molecular weight excluding hydrogens is 290 g/mol. The normalized spacial score (nSPS) is 12.2. The number of rotatable bonds is 5. The third-order valence-corrected chi connectivity index (χ3v) is 3.48. The van der Waals surface area contributed by atoms with Crippen LogP contribution in [0.15, 0.2) is 36.7 Å². The Morgan fingerprint density at radius 1 is 1.48 bits per heavy atom. The van der Waals surface area contributed by atoms with Crippen LogP contribution in [0.25, 0.3) is 5.69 Å². The minimum absolute atomic E-state index is 0.131. The van der Waals surface area contributed by atoms with Gasteiger partial charge in [0.2, 0.25) is 0 Å². The predicted octanol–water partition coefficient (Wildman–Crippen LogP) is 2.37. The molecule has 21 heavy (non-hydrogen) atoms. The van der Waals surface area contributed by atoms with Crippen LogP contribution in [0.4, 0.5) is 0 Å². The molecule has 0 saturated carbocycles. The number of para-hydroxylation sites is 1. The maximum Gasteiger partial charge on any atom is 0.256 e. The molecule has 1 aromatic heterocycles. The first-order chi connectivity index (χ1) is 9.99. The van der Waals surface area contributed by atoms with Crippen molar-refractivity contribution >= 4 is 17.5 Å². The largest absolute Gasteiger partial charge is 0.393 e. The summed E-state index contributed by atoms with van der Waals surface area (Å²) in [6.45, 7) is 2.20. The van der Waals surface area contributed by atoms with Crippen LogP contribution in [-0.4, -0.2) is 45.4 Å². The highest BCUT2D eigenvalue weighted by Gasteiger charge is 2.15. The Bertz CT molecular complexity index is 625. The molecule has 5 nitrogen and oxygen atoms in total. The van der Waals surface area contributed by atoms with E-state index in [9.17, 15) is 9.90 Å². The molecule has 1 atom stereocenters. The number of aliphatic hydroxyl groups excluding tert-OH is 1. The lowest BCUT2D eigenvalue weighted by atomic mass is 10.2. The van der Waals surface area contributed by atoms with E-state index in [1.807, 2.05) is 18.2 Å². The van der Waals surface area contributed by atoms with Crippen molar-refractivity contribution in [2.45, 2.75) is 19.4 Å². The van der Waals surface area contributed by atoms with Crippen molar-refractivity contribution in [3.8, 4) is 5.69 Å². The maximum absolute atomic E-state index is 12.2. The lowest BCUT2D eigenvalue weighted by molar-refractivity contribution is 0.0769. The monoisotopic (exact) mass is 307 g/mol. The Labute approximate surface area is 128 Å². The second-order valence-corrected chi connectivity index (χ2v) is 5.40. The Hall–Kier alpha value is -1.85. The molecule has 0 aliphatic heterocycles. The summed E-state index contributed by atoms with van der Waals surface area (Å²) in [5.41, 5.74) is 1.22. The van der Waals surface area contributed by atoms with E-state index in [4.69, 9.17) is 11.6 Å². The van der Waals surface area contributed by atoms with Gasteiger partial charge in [0, 0.05) is 19.8 Å². The average molecular weight is 308 g/mol. The lowest BCUT2D eigenvalue weighted by Gasteiger charge is -2.16. The van der Waals surface area contributed by atoms with Gasteiger partial charge in [-0.05, 0) is 25.5 Å². The quantitative estimate of drug-likeness (QED) is 0.922. The first-order valence-corrected chi connectivity index (χ1v) is 7.10. The van der Waals surface area contributed by atoms with E-state index in [-0.39, 0.29) is 5.91 Å². The first kappa shape index (κ1) is 15.5. The molecule has 0 spiro atoms. The van der Waals surface area contributed by atoms with Gasteiger partial charge in [-0.2, -0.15) is 5.10 Å². The Balaban J connectivity index is 2.13. The first-order valence-electron chi connectivity index (χ1n) is 6.72. The Morgan fingerprint density at radius 3 is 2.86 bits per heavy atom. The van der Waals surface area contributed by atoms with E-state index < -0.39 is 6.10 Å². The number of halogens is 1. The summed E-state index contributed by atoms with van der Waals surface area (Å²) in [7, 11) is 1.71. The molecule has 1 amide bonds. The van der Waals surface area contributed by atoms with E-state index >= 15 is 0 Å². The zero-order valence-electron chi connectivity index (χ0n) is 12.0. The highest BCUT2D eigenvalue weighted by atomic mass is 35.5. The van der Waals surface area contributed by atoms with Crippen LogP contribution in [0.3, 0.4) is 0 Å². The van der Waals surface area contributed by atoms with E-state index in [1.54, 1.807) is 35.8 Å². The number of hydrogen-bond donors (Lipinski definition) is 1. The number of amides is 1. The van der Waals surface area contributed by atoms with Gasteiger partial charge in [0.15, 0.2) is 0 Å². The molecule has 2 aromatic rings. The van der Waals surface area contributed by atoms with Crippen LogP contribution in [0.2, 0.25) is 5.02 Å². The van der Waals surface area contributed by atoms with Gasteiger partial charge in [-0.1, -0.05) is 23.7 Å². The fraction of sp³-hybridized carbons (Fsp3) is 0.333. The summed E-state index contributed by atoms with van der Waals surface area (Å²) < 4.78 is 1.58. The molecule has 1 unspecified atom stereocenters. The van der Waals surface area contributed by atoms with Gasteiger partial charge < -0.3 is 10.0 Å². The fourth-order valence-electron chi connectivity index (χ4n) is 1.90. The Kier molecular flexibility index (Phi) is 4.98. The smallest absolute Gasteiger partial charge is 0.256 e. The van der Waals surface area contributed by atoms with E-state index in [1.165, 1.54) is 6.20 Å². The number of nitrogens with zero attached hydrogens (tertiary/aromatic N) is 3. The SMILES string of the molecule is CC(O)CCN(C)C(=O)c1cnn(-c2ccccc2Cl)c1. The number of hydrogen-bond acceptors (Lipinski definition) is 3. The number of aromatic nitrogens is 2. The molecule has 0 radical (unpaired) electrons. The molecule has 0 aliphatic carbocycles. The van der Waals surface area contributed by atoms with E-state index in [0.29, 0.717) is 23.6 Å². The van der Waals surface area contributed by atoms with Crippen LogP contribution in [-0.2, 0) is 0 Å². The van der Waals surface area contributed by atoms with Crippen molar-refractivity contribution in [3.05, 3.63) is 47.2 Å². The van der Waals surface area contributed by atoms with Crippen molar-refractivity contribution in [1.29, 1.82) is 0 Å². The van der Waals surface area contributed by atoms with Crippen LogP contribution >= 0.6 is 11.6 Å². The van der Waals surface area contributed by atoms with Crippen molar-refractivity contribution < 1.29 is 9.90 Å². The number of carbonyl (C=O) groups excluding carboxylic acids is 1. The summed E-state index contributed by atoms with van der Waals surface area (Å²) in [6, 6.07) is 7.31. The maximum atomic E-state index is 12.2. The predicted molar refractivity (Wildman–Crippen MR) is 81.8 cm³/mol. The molecule has 1 heterocycles. The fourth-order valence-corrected chi connectivity index (χ4v) is 2.13. The number of aliphatic hydroxyl groups is 1. The van der Waals surface area contributed by atoms with Gasteiger partial charge in [-0.15, -0.1) is 0 Å². The molecule has 2 rings (SSSR count). The Morgan fingerprint density at radius 2 is 2.19 bits per heavy atom. The summed E-state index contributed by atoms with van der Waals surface area (Å²) >= 11 is 6.11. The summed E-state index contributed by atoms with van der Waals surface area (Å²) in [6.07, 6.45) is 3.29. The van der Waals surface area contributed by atoms with Gasteiger partial charge in [-0.3, -0.25) is 4.79 Å². The topological polar surface area (TPSA) is 58.4 Å². The van der Waals surface area contributed by atoms with Crippen molar-refractivity contribution in [3.63, 3.8) is 0 Å². The zero-order valence-corrected chi connectivity index (χ0v) is 12.8. The minimum Gasteiger partial charge on any atom is -0.393 e. The zero-order chi connectivity index (χ0) is 15.4. The molecule has 112 valence electrons. The summed E-state index contributed by atoms with van der Waals surface area (Å²) in [5.74, 6) is -0.131. The number of benzene rings is 1. The summed E-state index contributed by atoms with van der Waals surface area (Å²) in [5, 5.41) is 14.0. The van der Waals surface area contributed by atoms with Crippen molar-refractivity contribution in [1.82, 2.24) is 14.7 Å². The van der Waals surface area contributed by atoms with Gasteiger partial charge in [0.05, 0.1) is 28.6 Å². The second-order valence-electron chi connectivity index (χ2n) is 4.99. The van der Waals surface area contributed by atoms with Gasteiger partial charge in [-0.25, -0.2) is 4.68 Å². The van der Waals surface area contributed by atoms with Gasteiger partial charge in [0.25, 0.3) is 5.91 Å². The highest BCUT2D eigenvalue weighted by molar-refractivity contribution is 6.32. The van der Waals surface area contributed by atoms with E-state index in [0.717, 1.165) is 5.69 Å². The summed E-state index contributed by atoms with van der Waals surface area (Å²) in [4.78, 5) is 13.8. The average Bonchev–Trinajstić information content (AvgIpc) is 2.94. The van der Waals surface area contributed by atoms with Crippen molar-refractivity contribution in [2.75, 3.05) is 13.6 Å². The molecule has 0 aliphatic rings. The standard InChI is InChI=1S/C15H18ClN3O2/c1-11(20)7-8-18(2)15(21)12-9-17-19(10-12)14-6-4-3-5-13(14)16/h3-6,9-11,20H,7-8H2,1-2H3. The molecule has 1 aromatic carbocycles. The second kappa shape index (κ2) is 6.74. The third kappa shape index (κ3) is 3.83. The van der Waals surface area contributed by atoms with Crippen LogP contribution in [0.1, 0.15) is 23.7 Å². The molecule has 0 saturated heterocycles. The van der Waals surface area contributed by atoms with Crippen molar-refractivity contribution in [2.24, 2.45) is 0 Å². The lowest BCUT2D eigenvalue weighted by Crippen LogP contribution is -2.29. The van der Waals surface area contributed by atoms with Gasteiger partial charge in [0.1, 0.15) is 0 Å². The van der Waals surface area contributed by atoms with Crippen LogP contribution in [0.5, 0.6) is 0 Å². The molecule has 0 bridgehead atoms. The van der Waals surface area contributed by atoms with E-state index in [2.05, 4.69) is 5.10 Å². The minimum atomic E-state index is -0.425. The van der Waals surface area contributed by atoms with Gasteiger partial charge >= 0.3 is 0 Å². The van der Waals surface area contributed by atoms with Crippen LogP contribution in [0, 0.1) is 0 Å². The molecule has 6 heteroatoms. The van der Waals surface area contributed by atoms with Crippen LogP contribution < -0.4 is 0 Å². The number of carbonyl (C=O) groups is 1. The molecule has 0 fully saturated rings. The highest BCUT2D eigenvalue weighted by Crippen LogP contribution is 2.19. The molecular formula is C15H18ClN3O2. The molecule has 1 N–H and O–H groups in total.